The lowest BCUT2D eigenvalue weighted by atomic mass is 10.0. The second-order valence-corrected chi connectivity index (χ2v) is 6.47. The van der Waals surface area contributed by atoms with E-state index in [2.05, 4.69) is 15.6 Å². The van der Waals surface area contributed by atoms with Gasteiger partial charge in [0.15, 0.2) is 17.5 Å². The predicted molar refractivity (Wildman–Crippen MR) is 129 cm³/mol. The Labute approximate surface area is 190 Å². The molecule has 7 heteroatoms. The number of aliphatic imine (C=N–C) groups is 1. The first-order valence-corrected chi connectivity index (χ1v) is 9.65. The topological polar surface area (TPSA) is 75.1 Å². The minimum atomic E-state index is -0.0806. The van der Waals surface area contributed by atoms with Gasteiger partial charge in [-0.3, -0.25) is 4.99 Å². The van der Waals surface area contributed by atoms with Gasteiger partial charge in [-0.25, -0.2) is 0 Å². The molecule has 0 heterocycles. The van der Waals surface area contributed by atoms with Crippen molar-refractivity contribution in [2.24, 2.45) is 4.99 Å². The van der Waals surface area contributed by atoms with Crippen molar-refractivity contribution >= 4 is 29.9 Å². The molecular weight excluding hydrogens is 481 g/mol. The van der Waals surface area contributed by atoms with Gasteiger partial charge in [0.2, 0.25) is 0 Å². The number of methoxy groups -OCH3 is 1. The maximum absolute atomic E-state index is 9.71. The normalized spacial score (nSPS) is 13.0. The van der Waals surface area contributed by atoms with Crippen molar-refractivity contribution in [2.75, 3.05) is 33.4 Å². The van der Waals surface area contributed by atoms with Gasteiger partial charge in [0.25, 0.3) is 0 Å². The molecule has 2 aromatic rings. The third-order valence-corrected chi connectivity index (χ3v) is 4.26. The van der Waals surface area contributed by atoms with E-state index in [1.54, 1.807) is 7.11 Å². The van der Waals surface area contributed by atoms with Gasteiger partial charge >= 0.3 is 0 Å². The SMILES string of the molecule is CCNC(=NCC(CO)c1ccccc1)NCC(C)Oc1ccccc1OC.I. The summed E-state index contributed by atoms with van der Waals surface area (Å²) in [6, 6.07) is 17.5. The van der Waals surface area contributed by atoms with Crippen molar-refractivity contribution < 1.29 is 14.6 Å². The summed E-state index contributed by atoms with van der Waals surface area (Å²) in [5.41, 5.74) is 1.08. The quantitative estimate of drug-likeness (QED) is 0.258. The molecule has 0 aliphatic carbocycles. The van der Waals surface area contributed by atoms with E-state index >= 15 is 0 Å². The fourth-order valence-electron chi connectivity index (χ4n) is 2.75. The van der Waals surface area contributed by atoms with Crippen LogP contribution in [-0.2, 0) is 0 Å². The van der Waals surface area contributed by atoms with Crippen molar-refractivity contribution in [3.63, 3.8) is 0 Å². The lowest BCUT2D eigenvalue weighted by molar-refractivity contribution is 0.213. The molecule has 0 spiro atoms. The van der Waals surface area contributed by atoms with Crippen molar-refractivity contribution in [3.8, 4) is 11.5 Å². The fourth-order valence-corrected chi connectivity index (χ4v) is 2.75. The van der Waals surface area contributed by atoms with Crippen LogP contribution in [0.5, 0.6) is 11.5 Å². The van der Waals surface area contributed by atoms with E-state index in [1.165, 1.54) is 0 Å². The number of rotatable bonds is 10. The van der Waals surface area contributed by atoms with Crippen LogP contribution in [0.3, 0.4) is 0 Å². The Morgan fingerprint density at radius 1 is 1.03 bits per heavy atom. The highest BCUT2D eigenvalue weighted by Gasteiger charge is 2.12. The molecule has 3 N–H and O–H groups in total. The molecule has 0 bridgehead atoms. The molecule has 0 radical (unpaired) electrons. The zero-order chi connectivity index (χ0) is 20.2. The Morgan fingerprint density at radius 2 is 1.69 bits per heavy atom. The van der Waals surface area contributed by atoms with Gasteiger partial charge in [0.05, 0.1) is 26.8 Å². The van der Waals surface area contributed by atoms with Crippen LogP contribution in [0.25, 0.3) is 0 Å². The van der Waals surface area contributed by atoms with E-state index < -0.39 is 0 Å². The summed E-state index contributed by atoms with van der Waals surface area (Å²) in [5, 5.41) is 16.2. The standard InChI is InChI=1S/C22H31N3O3.HI/c1-4-23-22(25-15-19(16-26)18-10-6-5-7-11-18)24-14-17(2)28-21-13-9-8-12-20(21)27-3;/h5-13,17,19,26H,4,14-16H2,1-3H3,(H2,23,24,25);1H. The summed E-state index contributed by atoms with van der Waals surface area (Å²) in [6.07, 6.45) is -0.0806. The van der Waals surface area contributed by atoms with Crippen molar-refractivity contribution in [1.29, 1.82) is 0 Å². The zero-order valence-electron chi connectivity index (χ0n) is 17.3. The third-order valence-electron chi connectivity index (χ3n) is 4.26. The van der Waals surface area contributed by atoms with Gasteiger partial charge in [-0.15, -0.1) is 24.0 Å². The van der Waals surface area contributed by atoms with Gasteiger partial charge in [-0.1, -0.05) is 42.5 Å². The average Bonchev–Trinajstić information content (AvgIpc) is 2.73. The number of nitrogens with zero attached hydrogens (tertiary/aromatic N) is 1. The van der Waals surface area contributed by atoms with Crippen molar-refractivity contribution in [1.82, 2.24) is 10.6 Å². The highest BCUT2D eigenvalue weighted by molar-refractivity contribution is 14.0. The molecule has 2 rings (SSSR count). The molecule has 2 atom stereocenters. The number of para-hydroxylation sites is 2. The maximum Gasteiger partial charge on any atom is 0.191 e. The van der Waals surface area contributed by atoms with Crippen LogP contribution >= 0.6 is 24.0 Å². The second kappa shape index (κ2) is 14.1. The van der Waals surface area contributed by atoms with E-state index in [-0.39, 0.29) is 42.6 Å². The van der Waals surface area contributed by atoms with Crippen LogP contribution in [0.2, 0.25) is 0 Å². The summed E-state index contributed by atoms with van der Waals surface area (Å²) in [5.74, 6) is 2.10. The van der Waals surface area contributed by atoms with E-state index in [9.17, 15) is 5.11 Å². The van der Waals surface area contributed by atoms with Gasteiger partial charge in [-0.2, -0.15) is 0 Å². The number of aliphatic hydroxyl groups excluding tert-OH is 1. The number of hydrogen-bond donors (Lipinski definition) is 3. The fraction of sp³-hybridized carbons (Fsp3) is 0.409. The minimum Gasteiger partial charge on any atom is -0.493 e. The lowest BCUT2D eigenvalue weighted by Crippen LogP contribution is -2.42. The molecule has 160 valence electrons. The highest BCUT2D eigenvalue weighted by Crippen LogP contribution is 2.26. The molecule has 6 nitrogen and oxygen atoms in total. The van der Waals surface area contributed by atoms with Gasteiger partial charge in [0.1, 0.15) is 6.10 Å². The molecule has 0 saturated carbocycles. The number of ether oxygens (including phenoxy) is 2. The number of benzene rings is 2. The first-order valence-electron chi connectivity index (χ1n) is 9.65. The molecule has 0 saturated heterocycles. The first-order chi connectivity index (χ1) is 13.7. The number of halogens is 1. The van der Waals surface area contributed by atoms with Crippen LogP contribution < -0.4 is 20.1 Å². The summed E-state index contributed by atoms with van der Waals surface area (Å²) < 4.78 is 11.3. The largest absolute Gasteiger partial charge is 0.493 e. The second-order valence-electron chi connectivity index (χ2n) is 6.47. The number of hydrogen-bond acceptors (Lipinski definition) is 4. The average molecular weight is 513 g/mol. The summed E-state index contributed by atoms with van der Waals surface area (Å²) in [4.78, 5) is 4.63. The Bertz CT molecular complexity index is 728. The highest BCUT2D eigenvalue weighted by atomic mass is 127. The Hall–Kier alpha value is -2.00. The minimum absolute atomic E-state index is 0. The van der Waals surface area contributed by atoms with Crippen molar-refractivity contribution in [3.05, 3.63) is 60.2 Å². The smallest absolute Gasteiger partial charge is 0.191 e. The van der Waals surface area contributed by atoms with Crippen LogP contribution in [0.4, 0.5) is 0 Å². The monoisotopic (exact) mass is 513 g/mol. The van der Waals surface area contributed by atoms with Crippen LogP contribution in [0.15, 0.2) is 59.6 Å². The molecule has 0 aliphatic rings. The molecule has 0 amide bonds. The van der Waals surface area contributed by atoms with Crippen molar-refractivity contribution in [2.45, 2.75) is 25.9 Å². The summed E-state index contributed by atoms with van der Waals surface area (Å²) >= 11 is 0. The molecular formula is C22H32IN3O3. The third kappa shape index (κ3) is 8.49. The molecule has 0 aliphatic heterocycles. The van der Waals surface area contributed by atoms with Crippen LogP contribution in [-0.4, -0.2) is 50.5 Å². The Balaban J connectivity index is 0.00000420. The number of nitrogens with one attached hydrogen (secondary N) is 2. The Morgan fingerprint density at radius 3 is 2.31 bits per heavy atom. The van der Waals surface area contributed by atoms with Gasteiger partial charge in [0, 0.05) is 12.5 Å². The van der Waals surface area contributed by atoms with Gasteiger partial charge < -0.3 is 25.2 Å². The number of guanidine groups is 1. The molecule has 0 fully saturated rings. The lowest BCUT2D eigenvalue weighted by Gasteiger charge is -2.19. The van der Waals surface area contributed by atoms with E-state index in [4.69, 9.17) is 9.47 Å². The van der Waals surface area contributed by atoms with E-state index in [0.29, 0.717) is 30.5 Å². The molecule has 2 aromatic carbocycles. The molecule has 0 aromatic heterocycles. The van der Waals surface area contributed by atoms with Gasteiger partial charge in [-0.05, 0) is 31.5 Å². The maximum atomic E-state index is 9.71. The van der Waals surface area contributed by atoms with Crippen LogP contribution in [0.1, 0.15) is 25.3 Å². The zero-order valence-corrected chi connectivity index (χ0v) is 19.6. The first kappa shape index (κ1) is 25.0. The van der Waals surface area contributed by atoms with Crippen LogP contribution in [0, 0.1) is 0 Å². The molecule has 29 heavy (non-hydrogen) atoms. The Kier molecular flexibility index (Phi) is 12.1. The molecule has 2 unspecified atom stereocenters. The summed E-state index contributed by atoms with van der Waals surface area (Å²) in [6.45, 7) is 5.90. The summed E-state index contributed by atoms with van der Waals surface area (Å²) in [7, 11) is 1.63. The number of aliphatic hydroxyl groups is 1. The van der Waals surface area contributed by atoms with E-state index in [0.717, 1.165) is 12.1 Å². The predicted octanol–water partition coefficient (Wildman–Crippen LogP) is 3.41. The van der Waals surface area contributed by atoms with E-state index in [1.807, 2.05) is 68.4 Å².